The summed E-state index contributed by atoms with van der Waals surface area (Å²) in [4.78, 5) is 2.35. The second-order valence-corrected chi connectivity index (χ2v) is 6.12. The third-order valence-electron chi connectivity index (χ3n) is 3.47. The Morgan fingerprint density at radius 3 is 3.00 bits per heavy atom. The average Bonchev–Trinajstić information content (AvgIpc) is 2.88. The Labute approximate surface area is 101 Å². The van der Waals surface area contributed by atoms with E-state index in [4.69, 9.17) is 10.2 Å². The number of furan rings is 1. The summed E-state index contributed by atoms with van der Waals surface area (Å²) in [6, 6.07) is 3.95. The number of rotatable bonds is 4. The maximum Gasteiger partial charge on any atom is 0.117 e. The third-order valence-corrected chi connectivity index (χ3v) is 4.91. The monoisotopic (exact) mass is 240 g/mol. The number of hydrogen-bond acceptors (Lipinski definition) is 4. The Morgan fingerprint density at radius 1 is 1.69 bits per heavy atom. The maximum atomic E-state index is 5.98. The zero-order valence-corrected chi connectivity index (χ0v) is 10.8. The molecule has 1 saturated heterocycles. The minimum atomic E-state index is 0.150. The summed E-state index contributed by atoms with van der Waals surface area (Å²) in [5.41, 5.74) is 6.12. The van der Waals surface area contributed by atoms with Crippen LogP contribution in [0.3, 0.4) is 0 Å². The zero-order valence-electron chi connectivity index (χ0n) is 9.98. The van der Waals surface area contributed by atoms with Crippen LogP contribution < -0.4 is 5.73 Å². The van der Waals surface area contributed by atoms with E-state index in [1.54, 1.807) is 6.26 Å². The van der Waals surface area contributed by atoms with Gasteiger partial charge in [-0.05, 0) is 25.6 Å². The maximum absolute atomic E-state index is 5.98. The minimum absolute atomic E-state index is 0.150. The van der Waals surface area contributed by atoms with Crippen LogP contribution in [-0.2, 0) is 6.54 Å². The molecule has 0 aliphatic carbocycles. The van der Waals surface area contributed by atoms with Crippen LogP contribution in [0.4, 0.5) is 0 Å². The standard InChI is InChI=1S/C12H20N2OS/c1-10-6-12(8-13,9-16-10)14(2)7-11-4-3-5-15-11/h3-5,10H,6-9,13H2,1-2H3. The first kappa shape index (κ1) is 12.0. The highest BCUT2D eigenvalue weighted by atomic mass is 32.2. The second kappa shape index (κ2) is 4.82. The van der Waals surface area contributed by atoms with Crippen molar-refractivity contribution in [3.05, 3.63) is 24.2 Å². The van der Waals surface area contributed by atoms with Gasteiger partial charge in [0.1, 0.15) is 5.76 Å². The molecule has 2 unspecified atom stereocenters. The van der Waals surface area contributed by atoms with E-state index in [9.17, 15) is 0 Å². The van der Waals surface area contributed by atoms with E-state index in [1.807, 2.05) is 23.9 Å². The lowest BCUT2D eigenvalue weighted by Gasteiger charge is -2.37. The molecule has 0 aromatic carbocycles. The number of hydrogen-bond donors (Lipinski definition) is 1. The first-order valence-electron chi connectivity index (χ1n) is 5.71. The van der Waals surface area contributed by atoms with Crippen molar-refractivity contribution in [3.8, 4) is 0 Å². The smallest absolute Gasteiger partial charge is 0.117 e. The molecule has 0 amide bonds. The van der Waals surface area contributed by atoms with Gasteiger partial charge in [-0.2, -0.15) is 11.8 Å². The molecule has 2 rings (SSSR count). The highest BCUT2D eigenvalue weighted by Gasteiger charge is 2.40. The fraction of sp³-hybridized carbons (Fsp3) is 0.667. The highest BCUT2D eigenvalue weighted by Crippen LogP contribution is 2.37. The molecule has 16 heavy (non-hydrogen) atoms. The van der Waals surface area contributed by atoms with Gasteiger partial charge in [0.05, 0.1) is 12.8 Å². The molecule has 1 fully saturated rings. The lowest BCUT2D eigenvalue weighted by molar-refractivity contribution is 0.129. The fourth-order valence-corrected chi connectivity index (χ4v) is 3.80. The molecule has 0 bridgehead atoms. The normalized spacial score (nSPS) is 30.1. The van der Waals surface area contributed by atoms with Gasteiger partial charge in [0.15, 0.2) is 0 Å². The van der Waals surface area contributed by atoms with Crippen LogP contribution in [0.5, 0.6) is 0 Å². The quantitative estimate of drug-likeness (QED) is 0.873. The lowest BCUT2D eigenvalue weighted by Crippen LogP contribution is -2.52. The molecule has 90 valence electrons. The Kier molecular flexibility index (Phi) is 3.62. The molecule has 3 nitrogen and oxygen atoms in total. The van der Waals surface area contributed by atoms with Gasteiger partial charge in [0, 0.05) is 23.1 Å². The largest absolute Gasteiger partial charge is 0.468 e. The Hall–Kier alpha value is -0.450. The predicted molar refractivity (Wildman–Crippen MR) is 68.5 cm³/mol. The van der Waals surface area contributed by atoms with Gasteiger partial charge in [0.25, 0.3) is 0 Å². The van der Waals surface area contributed by atoms with Crippen molar-refractivity contribution in [2.24, 2.45) is 5.73 Å². The van der Waals surface area contributed by atoms with Gasteiger partial charge in [-0.25, -0.2) is 0 Å². The fourth-order valence-electron chi connectivity index (χ4n) is 2.32. The second-order valence-electron chi connectivity index (χ2n) is 4.69. The topological polar surface area (TPSA) is 42.4 Å². The van der Waals surface area contributed by atoms with Gasteiger partial charge >= 0.3 is 0 Å². The summed E-state index contributed by atoms with van der Waals surface area (Å²) in [5.74, 6) is 2.14. The van der Waals surface area contributed by atoms with Crippen molar-refractivity contribution in [1.82, 2.24) is 4.90 Å². The number of nitrogens with zero attached hydrogens (tertiary/aromatic N) is 1. The predicted octanol–water partition coefficient (Wildman–Crippen LogP) is 1.93. The van der Waals surface area contributed by atoms with Crippen LogP contribution in [0.15, 0.2) is 22.8 Å². The van der Waals surface area contributed by atoms with E-state index >= 15 is 0 Å². The van der Waals surface area contributed by atoms with Crippen molar-refractivity contribution >= 4 is 11.8 Å². The minimum Gasteiger partial charge on any atom is -0.468 e. The SMILES string of the molecule is CC1CC(CN)(N(C)Cc2ccco2)CS1. The van der Waals surface area contributed by atoms with Gasteiger partial charge in [-0.15, -0.1) is 0 Å². The van der Waals surface area contributed by atoms with Crippen LogP contribution >= 0.6 is 11.8 Å². The number of likely N-dealkylation sites (N-methyl/N-ethyl adjacent to an activating group) is 1. The van der Waals surface area contributed by atoms with Crippen LogP contribution in [0, 0.1) is 0 Å². The average molecular weight is 240 g/mol. The summed E-state index contributed by atoms with van der Waals surface area (Å²) in [6.45, 7) is 3.85. The lowest BCUT2D eigenvalue weighted by atomic mass is 9.94. The molecule has 1 aromatic rings. The van der Waals surface area contributed by atoms with E-state index in [0.29, 0.717) is 5.25 Å². The highest BCUT2D eigenvalue weighted by molar-refractivity contribution is 8.00. The van der Waals surface area contributed by atoms with Gasteiger partial charge in [-0.3, -0.25) is 4.90 Å². The van der Waals surface area contributed by atoms with E-state index in [2.05, 4.69) is 18.9 Å². The third kappa shape index (κ3) is 2.29. The van der Waals surface area contributed by atoms with Crippen molar-refractivity contribution < 1.29 is 4.42 Å². The molecule has 2 heterocycles. The van der Waals surface area contributed by atoms with Gasteiger partial charge < -0.3 is 10.2 Å². The van der Waals surface area contributed by atoms with E-state index < -0.39 is 0 Å². The number of nitrogens with two attached hydrogens (primary N) is 1. The van der Waals surface area contributed by atoms with Crippen LogP contribution in [0.25, 0.3) is 0 Å². The Morgan fingerprint density at radius 2 is 2.50 bits per heavy atom. The summed E-state index contributed by atoms with van der Waals surface area (Å²) in [6.07, 6.45) is 2.90. The number of thioether (sulfide) groups is 1. The molecule has 1 aromatic heterocycles. The van der Waals surface area contributed by atoms with Crippen LogP contribution in [0.2, 0.25) is 0 Å². The zero-order chi connectivity index (χ0) is 11.6. The molecule has 0 radical (unpaired) electrons. The van der Waals surface area contributed by atoms with Crippen molar-refractivity contribution in [3.63, 3.8) is 0 Å². The van der Waals surface area contributed by atoms with E-state index in [0.717, 1.165) is 24.6 Å². The summed E-state index contributed by atoms with van der Waals surface area (Å²) < 4.78 is 5.39. The van der Waals surface area contributed by atoms with Crippen molar-refractivity contribution in [2.75, 3.05) is 19.3 Å². The van der Waals surface area contributed by atoms with Crippen LogP contribution in [0.1, 0.15) is 19.1 Å². The molecule has 1 aliphatic rings. The first-order chi connectivity index (χ1) is 7.66. The summed E-state index contributed by atoms with van der Waals surface area (Å²) >= 11 is 2.02. The van der Waals surface area contributed by atoms with Gasteiger partial charge in [0.2, 0.25) is 0 Å². The molecule has 2 atom stereocenters. The molecule has 4 heteroatoms. The summed E-state index contributed by atoms with van der Waals surface area (Å²) in [5, 5.41) is 0.711. The summed E-state index contributed by atoms with van der Waals surface area (Å²) in [7, 11) is 2.15. The van der Waals surface area contributed by atoms with Crippen LogP contribution in [-0.4, -0.2) is 35.0 Å². The van der Waals surface area contributed by atoms with E-state index in [-0.39, 0.29) is 5.54 Å². The molecular weight excluding hydrogens is 220 g/mol. The molecule has 0 saturated carbocycles. The van der Waals surface area contributed by atoms with Crippen molar-refractivity contribution in [1.29, 1.82) is 0 Å². The molecule has 1 aliphatic heterocycles. The molecule has 0 spiro atoms. The van der Waals surface area contributed by atoms with E-state index in [1.165, 1.54) is 6.42 Å². The first-order valence-corrected chi connectivity index (χ1v) is 6.76. The Balaban J connectivity index is 2.04. The molecule has 2 N–H and O–H groups in total. The Bertz CT molecular complexity index is 328. The van der Waals surface area contributed by atoms with Gasteiger partial charge in [-0.1, -0.05) is 6.92 Å². The van der Waals surface area contributed by atoms with Crippen molar-refractivity contribution in [2.45, 2.75) is 30.7 Å². The molecular formula is C12H20N2OS.